The predicted octanol–water partition coefficient (Wildman–Crippen LogP) is 3.62. The van der Waals surface area contributed by atoms with Crippen LogP contribution in [0.5, 0.6) is 0 Å². The SMILES string of the molecule is CCOC(=O)N1CCc2c(sc3[nH]c(=S)n(-c4ccccc4)c(=O)c23)C1. The van der Waals surface area contributed by atoms with Gasteiger partial charge in [0, 0.05) is 11.4 Å². The van der Waals surface area contributed by atoms with E-state index in [9.17, 15) is 9.59 Å². The third-order valence-corrected chi connectivity index (χ3v) is 5.85. The van der Waals surface area contributed by atoms with Crippen LogP contribution in [0, 0.1) is 4.77 Å². The number of H-pyrrole nitrogens is 1. The molecular formula is C18H17N3O3S2. The van der Waals surface area contributed by atoms with E-state index in [1.807, 2.05) is 30.3 Å². The van der Waals surface area contributed by atoms with Gasteiger partial charge in [0.25, 0.3) is 5.56 Å². The van der Waals surface area contributed by atoms with Gasteiger partial charge in [-0.1, -0.05) is 18.2 Å². The maximum absolute atomic E-state index is 13.2. The van der Waals surface area contributed by atoms with Crippen LogP contribution in [-0.4, -0.2) is 33.7 Å². The number of rotatable bonds is 2. The van der Waals surface area contributed by atoms with Crippen LogP contribution in [0.15, 0.2) is 35.1 Å². The summed E-state index contributed by atoms with van der Waals surface area (Å²) in [6.45, 7) is 3.14. The highest BCUT2D eigenvalue weighted by molar-refractivity contribution is 7.71. The van der Waals surface area contributed by atoms with Crippen molar-refractivity contribution < 1.29 is 9.53 Å². The summed E-state index contributed by atoms with van der Waals surface area (Å²) in [4.78, 5) is 31.8. The maximum atomic E-state index is 13.2. The summed E-state index contributed by atoms with van der Waals surface area (Å²) in [6.07, 6.45) is 0.313. The number of amides is 1. The van der Waals surface area contributed by atoms with E-state index >= 15 is 0 Å². The smallest absolute Gasteiger partial charge is 0.410 e. The van der Waals surface area contributed by atoms with E-state index in [2.05, 4.69) is 4.98 Å². The van der Waals surface area contributed by atoms with Crippen molar-refractivity contribution in [1.29, 1.82) is 0 Å². The average Bonchev–Trinajstić information content (AvgIpc) is 3.00. The molecular weight excluding hydrogens is 370 g/mol. The minimum absolute atomic E-state index is 0.114. The van der Waals surface area contributed by atoms with Gasteiger partial charge in [0.1, 0.15) is 4.83 Å². The molecule has 1 aromatic carbocycles. The number of nitrogens with one attached hydrogen (secondary N) is 1. The van der Waals surface area contributed by atoms with E-state index in [0.29, 0.717) is 36.3 Å². The van der Waals surface area contributed by atoms with Crippen molar-refractivity contribution in [2.24, 2.45) is 0 Å². The summed E-state index contributed by atoms with van der Waals surface area (Å²) in [5.41, 5.74) is 1.63. The van der Waals surface area contributed by atoms with E-state index in [0.717, 1.165) is 21.0 Å². The van der Waals surface area contributed by atoms with Crippen molar-refractivity contribution in [2.75, 3.05) is 13.2 Å². The van der Waals surface area contributed by atoms with Crippen LogP contribution < -0.4 is 5.56 Å². The molecule has 8 heteroatoms. The number of aromatic amines is 1. The first kappa shape index (κ1) is 17.0. The highest BCUT2D eigenvalue weighted by atomic mass is 32.1. The van der Waals surface area contributed by atoms with Crippen molar-refractivity contribution in [1.82, 2.24) is 14.5 Å². The van der Waals surface area contributed by atoms with Crippen molar-refractivity contribution in [3.63, 3.8) is 0 Å². The average molecular weight is 387 g/mol. The number of thiophene rings is 1. The standard InChI is InChI=1S/C18H17N3O3S2/c1-2-24-18(23)20-9-8-12-13(10-20)26-15-14(12)16(22)21(17(25)19-15)11-6-4-3-5-7-11/h3-7H,2,8-10H2,1H3,(H,19,25). The number of carbonyl (C=O) groups excluding carboxylic acids is 1. The fraction of sp³-hybridized carbons (Fsp3) is 0.278. The van der Waals surface area contributed by atoms with Gasteiger partial charge < -0.3 is 14.6 Å². The lowest BCUT2D eigenvalue weighted by Crippen LogP contribution is -2.36. The van der Waals surface area contributed by atoms with E-state index in [4.69, 9.17) is 17.0 Å². The van der Waals surface area contributed by atoms with E-state index < -0.39 is 0 Å². The van der Waals surface area contributed by atoms with Crippen molar-refractivity contribution in [3.8, 4) is 5.69 Å². The molecule has 0 bridgehead atoms. The Hall–Kier alpha value is -2.45. The number of para-hydroxylation sites is 1. The minimum Gasteiger partial charge on any atom is -0.450 e. The molecule has 2 aromatic heterocycles. The van der Waals surface area contributed by atoms with E-state index in [-0.39, 0.29) is 11.7 Å². The Morgan fingerprint density at radius 1 is 1.35 bits per heavy atom. The van der Waals surface area contributed by atoms with Crippen LogP contribution in [-0.2, 0) is 17.7 Å². The van der Waals surface area contributed by atoms with Crippen molar-refractivity contribution in [2.45, 2.75) is 19.9 Å². The number of nitrogens with zero attached hydrogens (tertiary/aromatic N) is 2. The minimum atomic E-state index is -0.315. The molecule has 1 aliphatic rings. The summed E-state index contributed by atoms with van der Waals surface area (Å²) in [7, 11) is 0. The molecule has 0 spiro atoms. The lowest BCUT2D eigenvalue weighted by Gasteiger charge is -2.25. The predicted molar refractivity (Wildman–Crippen MR) is 104 cm³/mol. The second kappa shape index (κ2) is 6.69. The topological polar surface area (TPSA) is 67.3 Å². The third-order valence-electron chi connectivity index (χ3n) is 4.44. The summed E-state index contributed by atoms with van der Waals surface area (Å²) in [5.74, 6) is 0. The zero-order valence-electron chi connectivity index (χ0n) is 14.2. The summed E-state index contributed by atoms with van der Waals surface area (Å²) in [5, 5.41) is 0.672. The lowest BCUT2D eigenvalue weighted by atomic mass is 10.1. The monoisotopic (exact) mass is 387 g/mol. The molecule has 4 rings (SSSR count). The Labute approximate surface area is 158 Å². The van der Waals surface area contributed by atoms with Crippen LogP contribution >= 0.6 is 23.6 Å². The molecule has 3 aromatic rings. The zero-order chi connectivity index (χ0) is 18.3. The summed E-state index contributed by atoms with van der Waals surface area (Å²) < 4.78 is 6.99. The number of aromatic nitrogens is 2. The molecule has 0 unspecified atom stereocenters. The van der Waals surface area contributed by atoms with Gasteiger partial charge in [0.05, 0.1) is 24.2 Å². The highest BCUT2D eigenvalue weighted by Crippen LogP contribution is 2.32. The first-order chi connectivity index (χ1) is 12.6. The second-order valence-electron chi connectivity index (χ2n) is 5.98. The molecule has 3 heterocycles. The number of fused-ring (bicyclic) bond motifs is 3. The summed E-state index contributed by atoms with van der Waals surface area (Å²) in [6, 6.07) is 9.37. The number of hydrogen-bond donors (Lipinski definition) is 1. The van der Waals surface area contributed by atoms with Gasteiger partial charge in [-0.05, 0) is 43.3 Å². The number of ether oxygens (including phenoxy) is 1. The van der Waals surface area contributed by atoms with Crippen molar-refractivity contribution >= 4 is 39.9 Å². The molecule has 0 saturated heterocycles. The highest BCUT2D eigenvalue weighted by Gasteiger charge is 2.27. The molecule has 26 heavy (non-hydrogen) atoms. The van der Waals surface area contributed by atoms with Gasteiger partial charge in [-0.15, -0.1) is 11.3 Å². The molecule has 1 aliphatic heterocycles. The Balaban J connectivity index is 1.84. The van der Waals surface area contributed by atoms with Gasteiger partial charge in [-0.25, -0.2) is 4.79 Å². The Morgan fingerprint density at radius 2 is 2.12 bits per heavy atom. The summed E-state index contributed by atoms with van der Waals surface area (Å²) >= 11 is 6.90. The quantitative estimate of drug-likeness (QED) is 0.682. The van der Waals surface area contributed by atoms with Crippen LogP contribution in [0.25, 0.3) is 15.9 Å². The van der Waals surface area contributed by atoms with Gasteiger partial charge in [0.2, 0.25) is 0 Å². The molecule has 134 valence electrons. The van der Waals surface area contributed by atoms with Gasteiger partial charge >= 0.3 is 6.09 Å². The first-order valence-corrected chi connectivity index (χ1v) is 9.59. The first-order valence-electron chi connectivity index (χ1n) is 8.37. The molecule has 1 amide bonds. The van der Waals surface area contributed by atoms with Crippen molar-refractivity contribution in [3.05, 3.63) is 55.9 Å². The molecule has 6 nitrogen and oxygen atoms in total. The molecule has 0 aliphatic carbocycles. The molecule has 0 saturated carbocycles. The van der Waals surface area contributed by atoms with Gasteiger partial charge in [-0.2, -0.15) is 0 Å². The van der Waals surface area contributed by atoms with Gasteiger partial charge in [-0.3, -0.25) is 9.36 Å². The fourth-order valence-electron chi connectivity index (χ4n) is 3.26. The Morgan fingerprint density at radius 3 is 2.85 bits per heavy atom. The zero-order valence-corrected chi connectivity index (χ0v) is 15.8. The number of benzene rings is 1. The fourth-order valence-corrected chi connectivity index (χ4v) is 4.87. The Bertz CT molecular complexity index is 1100. The maximum Gasteiger partial charge on any atom is 0.410 e. The van der Waals surface area contributed by atoms with E-state index in [1.165, 1.54) is 15.9 Å². The number of hydrogen-bond acceptors (Lipinski definition) is 5. The molecule has 0 atom stereocenters. The molecule has 0 radical (unpaired) electrons. The lowest BCUT2D eigenvalue weighted by molar-refractivity contribution is 0.103. The largest absolute Gasteiger partial charge is 0.450 e. The van der Waals surface area contributed by atoms with Crippen LogP contribution in [0.1, 0.15) is 17.4 Å². The normalized spacial score (nSPS) is 13.7. The van der Waals surface area contributed by atoms with Crippen LogP contribution in [0.2, 0.25) is 0 Å². The third kappa shape index (κ3) is 2.75. The molecule has 0 fully saturated rings. The molecule has 1 N–H and O–H groups in total. The second-order valence-corrected chi connectivity index (χ2v) is 7.48. The van der Waals surface area contributed by atoms with Gasteiger partial charge in [0.15, 0.2) is 4.77 Å². The van der Waals surface area contributed by atoms with Crippen LogP contribution in [0.4, 0.5) is 4.79 Å². The number of carbonyl (C=O) groups is 1. The Kier molecular flexibility index (Phi) is 4.37. The van der Waals surface area contributed by atoms with Crippen LogP contribution in [0.3, 0.4) is 0 Å². The van der Waals surface area contributed by atoms with E-state index in [1.54, 1.807) is 11.8 Å².